The number of nitrogens with one attached hydrogen (secondary N) is 1. The third-order valence-corrected chi connectivity index (χ3v) is 4.03. The summed E-state index contributed by atoms with van der Waals surface area (Å²) in [4.78, 5) is 34.5. The van der Waals surface area contributed by atoms with Crippen molar-refractivity contribution in [3.63, 3.8) is 0 Å². The van der Waals surface area contributed by atoms with Crippen LogP contribution in [0.1, 0.15) is 20.8 Å². The van der Waals surface area contributed by atoms with Gasteiger partial charge < -0.3 is 15.1 Å². The van der Waals surface area contributed by atoms with Crippen LogP contribution in [-0.2, 0) is 9.59 Å². The van der Waals surface area contributed by atoms with Crippen molar-refractivity contribution in [3.8, 4) is 0 Å². The lowest BCUT2D eigenvalue weighted by atomic mass is 10.1. The zero-order valence-corrected chi connectivity index (χ0v) is 15.7. The van der Waals surface area contributed by atoms with E-state index in [-0.39, 0.29) is 23.9 Å². The number of likely N-dealkylation sites (N-methyl/N-ethyl adjacent to an activating group) is 1. The maximum absolute atomic E-state index is 12.3. The third kappa shape index (κ3) is 6.34. The molecule has 0 unspecified atom stereocenters. The monoisotopic (exact) mass is 347 g/mol. The van der Waals surface area contributed by atoms with E-state index in [9.17, 15) is 9.59 Å². The van der Waals surface area contributed by atoms with Crippen LogP contribution in [-0.4, -0.2) is 78.5 Å². The number of anilines is 1. The highest BCUT2D eigenvalue weighted by molar-refractivity contribution is 5.85. The molecule has 0 bridgehead atoms. The number of amides is 2. The highest BCUT2D eigenvalue weighted by Gasteiger charge is 2.22. The molecule has 1 N–H and O–H groups in total. The van der Waals surface area contributed by atoms with Gasteiger partial charge in [-0.25, -0.2) is 4.98 Å². The maximum Gasteiger partial charge on any atom is 0.240 e. The van der Waals surface area contributed by atoms with Crippen LogP contribution in [0.4, 0.5) is 5.82 Å². The van der Waals surface area contributed by atoms with Gasteiger partial charge in [-0.3, -0.25) is 14.5 Å². The number of hydrogen-bond donors (Lipinski definition) is 1. The minimum Gasteiger partial charge on any atom is -0.354 e. The molecule has 138 valence electrons. The SMILES string of the molecule is CN(CC(=O)NC(C)(C)C)C(=O)CN1CCN(c2ccccn2)CC1. The smallest absolute Gasteiger partial charge is 0.240 e. The zero-order valence-electron chi connectivity index (χ0n) is 15.7. The second-order valence-electron chi connectivity index (χ2n) is 7.50. The Balaban J connectivity index is 1.75. The standard InChI is InChI=1S/C18H29N5O2/c1-18(2,3)20-16(24)13-21(4)17(25)14-22-9-11-23(12-10-22)15-7-5-6-8-19-15/h5-8H,9-14H2,1-4H3,(H,20,24). The maximum atomic E-state index is 12.3. The second-order valence-corrected chi connectivity index (χ2v) is 7.50. The van der Waals surface area contributed by atoms with Gasteiger partial charge in [-0.1, -0.05) is 6.07 Å². The van der Waals surface area contributed by atoms with E-state index in [4.69, 9.17) is 0 Å². The Bertz CT molecular complexity index is 577. The van der Waals surface area contributed by atoms with Crippen molar-refractivity contribution < 1.29 is 9.59 Å². The van der Waals surface area contributed by atoms with Crippen LogP contribution >= 0.6 is 0 Å². The highest BCUT2D eigenvalue weighted by atomic mass is 16.2. The van der Waals surface area contributed by atoms with Crippen molar-refractivity contribution in [1.29, 1.82) is 0 Å². The summed E-state index contributed by atoms with van der Waals surface area (Å²) < 4.78 is 0. The average Bonchev–Trinajstić information content (AvgIpc) is 2.54. The fourth-order valence-electron chi connectivity index (χ4n) is 2.75. The van der Waals surface area contributed by atoms with E-state index in [2.05, 4.69) is 20.1 Å². The second kappa shape index (κ2) is 8.29. The molecule has 1 saturated heterocycles. The minimum atomic E-state index is -0.289. The molecule has 1 aromatic rings. The molecule has 2 rings (SSSR count). The van der Waals surface area contributed by atoms with Crippen LogP contribution in [0.5, 0.6) is 0 Å². The molecule has 0 aliphatic carbocycles. The molecule has 0 saturated carbocycles. The van der Waals surface area contributed by atoms with E-state index >= 15 is 0 Å². The van der Waals surface area contributed by atoms with Gasteiger partial charge in [0, 0.05) is 45.0 Å². The van der Waals surface area contributed by atoms with Gasteiger partial charge >= 0.3 is 0 Å². The number of carbonyl (C=O) groups is 2. The molecule has 0 spiro atoms. The lowest BCUT2D eigenvalue weighted by Crippen LogP contribution is -2.51. The summed E-state index contributed by atoms with van der Waals surface area (Å²) in [5.74, 6) is 0.808. The molecular formula is C18H29N5O2. The van der Waals surface area contributed by atoms with Crippen LogP contribution in [0.25, 0.3) is 0 Å². The third-order valence-electron chi connectivity index (χ3n) is 4.03. The molecule has 1 aliphatic rings. The van der Waals surface area contributed by atoms with Gasteiger partial charge in [0.1, 0.15) is 5.82 Å². The molecule has 25 heavy (non-hydrogen) atoms. The largest absolute Gasteiger partial charge is 0.354 e. The Morgan fingerprint density at radius 1 is 1.20 bits per heavy atom. The number of nitrogens with zero attached hydrogens (tertiary/aromatic N) is 4. The Hall–Kier alpha value is -2.15. The molecule has 1 aliphatic heterocycles. The number of hydrogen-bond acceptors (Lipinski definition) is 5. The zero-order chi connectivity index (χ0) is 18.4. The van der Waals surface area contributed by atoms with Crippen molar-refractivity contribution in [2.45, 2.75) is 26.3 Å². The van der Waals surface area contributed by atoms with E-state index in [1.165, 1.54) is 4.90 Å². The predicted molar refractivity (Wildman–Crippen MR) is 98.4 cm³/mol. The van der Waals surface area contributed by atoms with Crippen LogP contribution in [0.15, 0.2) is 24.4 Å². The van der Waals surface area contributed by atoms with Gasteiger partial charge in [-0.2, -0.15) is 0 Å². The van der Waals surface area contributed by atoms with Gasteiger partial charge in [-0.15, -0.1) is 0 Å². The van der Waals surface area contributed by atoms with Crippen LogP contribution in [0.2, 0.25) is 0 Å². The van der Waals surface area contributed by atoms with Gasteiger partial charge in [0.15, 0.2) is 0 Å². The van der Waals surface area contributed by atoms with Crippen molar-refractivity contribution in [3.05, 3.63) is 24.4 Å². The van der Waals surface area contributed by atoms with E-state index < -0.39 is 0 Å². The average molecular weight is 347 g/mol. The number of rotatable bonds is 5. The molecule has 0 atom stereocenters. The first-order valence-corrected chi connectivity index (χ1v) is 8.68. The summed E-state index contributed by atoms with van der Waals surface area (Å²) in [6.45, 7) is 9.51. The summed E-state index contributed by atoms with van der Waals surface area (Å²) in [7, 11) is 1.68. The molecular weight excluding hydrogens is 318 g/mol. The summed E-state index contributed by atoms with van der Waals surface area (Å²) in [5.41, 5.74) is -0.289. The number of carbonyl (C=O) groups excluding carboxylic acids is 2. The Labute approximate surface area is 150 Å². The predicted octanol–water partition coefficient (Wildman–Crippen LogP) is 0.577. The summed E-state index contributed by atoms with van der Waals surface area (Å²) in [5, 5.41) is 2.87. The lowest BCUT2D eigenvalue weighted by molar-refractivity contribution is -0.136. The van der Waals surface area contributed by atoms with E-state index in [0.29, 0.717) is 6.54 Å². The van der Waals surface area contributed by atoms with E-state index in [0.717, 1.165) is 32.0 Å². The summed E-state index contributed by atoms with van der Waals surface area (Å²) in [6, 6.07) is 5.89. The molecule has 0 radical (unpaired) electrons. The molecule has 1 fully saturated rings. The van der Waals surface area contributed by atoms with Gasteiger partial charge in [0.2, 0.25) is 11.8 Å². The van der Waals surface area contributed by atoms with Crippen LogP contribution in [0, 0.1) is 0 Å². The summed E-state index contributed by atoms with van der Waals surface area (Å²) in [6.07, 6.45) is 1.79. The molecule has 2 amide bonds. The Kier molecular flexibility index (Phi) is 6.36. The van der Waals surface area contributed by atoms with E-state index in [1.54, 1.807) is 13.2 Å². The van der Waals surface area contributed by atoms with Gasteiger partial charge in [0.25, 0.3) is 0 Å². The molecule has 0 aromatic carbocycles. The fraction of sp³-hybridized carbons (Fsp3) is 0.611. The van der Waals surface area contributed by atoms with Crippen molar-refractivity contribution in [1.82, 2.24) is 20.1 Å². The molecule has 2 heterocycles. The number of aromatic nitrogens is 1. The van der Waals surface area contributed by atoms with Gasteiger partial charge in [0.05, 0.1) is 13.1 Å². The van der Waals surface area contributed by atoms with Crippen LogP contribution < -0.4 is 10.2 Å². The highest BCUT2D eigenvalue weighted by Crippen LogP contribution is 2.12. The van der Waals surface area contributed by atoms with Gasteiger partial charge in [-0.05, 0) is 32.9 Å². The minimum absolute atomic E-state index is 0.0321. The van der Waals surface area contributed by atoms with Crippen LogP contribution in [0.3, 0.4) is 0 Å². The normalized spacial score (nSPS) is 15.8. The topological polar surface area (TPSA) is 68.8 Å². The first-order valence-electron chi connectivity index (χ1n) is 8.68. The first kappa shape index (κ1) is 19.2. The van der Waals surface area contributed by atoms with Crippen molar-refractivity contribution in [2.75, 3.05) is 51.2 Å². The molecule has 7 nitrogen and oxygen atoms in total. The molecule has 7 heteroatoms. The lowest BCUT2D eigenvalue weighted by Gasteiger charge is -2.35. The number of pyridine rings is 1. The fourth-order valence-corrected chi connectivity index (χ4v) is 2.75. The quantitative estimate of drug-likeness (QED) is 0.844. The Morgan fingerprint density at radius 2 is 1.88 bits per heavy atom. The summed E-state index contributed by atoms with van der Waals surface area (Å²) >= 11 is 0. The van der Waals surface area contributed by atoms with Crippen molar-refractivity contribution in [2.24, 2.45) is 0 Å². The Morgan fingerprint density at radius 3 is 2.44 bits per heavy atom. The molecule has 1 aromatic heterocycles. The van der Waals surface area contributed by atoms with E-state index in [1.807, 2.05) is 39.0 Å². The number of piperazine rings is 1. The van der Waals surface area contributed by atoms with Crippen molar-refractivity contribution >= 4 is 17.6 Å². The first-order chi connectivity index (χ1) is 11.7.